The lowest BCUT2D eigenvalue weighted by Crippen LogP contribution is -2.12. The van der Waals surface area contributed by atoms with Crippen molar-refractivity contribution in [2.24, 2.45) is 5.92 Å². The Bertz CT molecular complexity index is 761. The molecular formula is C24H27F. The van der Waals surface area contributed by atoms with Crippen LogP contribution in [0.3, 0.4) is 0 Å². The van der Waals surface area contributed by atoms with Gasteiger partial charge in [-0.2, -0.15) is 0 Å². The van der Waals surface area contributed by atoms with Crippen LogP contribution in [0.1, 0.15) is 67.2 Å². The maximum Gasteiger partial charge on any atom is 0.123 e. The Morgan fingerprint density at radius 2 is 1.68 bits per heavy atom. The average Bonchev–Trinajstić information content (AvgIpc) is 2.68. The molecular weight excluding hydrogens is 307 g/mol. The third-order valence-corrected chi connectivity index (χ3v) is 6.29. The minimum atomic E-state index is -0.127. The molecule has 0 aliphatic heterocycles. The molecule has 2 aromatic rings. The Balaban J connectivity index is 1.46. The summed E-state index contributed by atoms with van der Waals surface area (Å²) in [4.78, 5) is 0. The largest absolute Gasteiger partial charge is 0.207 e. The molecule has 2 aromatic carbocycles. The minimum Gasteiger partial charge on any atom is -0.207 e. The van der Waals surface area contributed by atoms with Gasteiger partial charge in [-0.05, 0) is 90.3 Å². The zero-order chi connectivity index (χ0) is 17.2. The van der Waals surface area contributed by atoms with E-state index < -0.39 is 0 Å². The van der Waals surface area contributed by atoms with Crippen molar-refractivity contribution in [1.82, 2.24) is 0 Å². The van der Waals surface area contributed by atoms with Crippen molar-refractivity contribution in [2.45, 2.75) is 57.8 Å². The van der Waals surface area contributed by atoms with Gasteiger partial charge >= 0.3 is 0 Å². The number of hydrogen-bond acceptors (Lipinski definition) is 0. The summed E-state index contributed by atoms with van der Waals surface area (Å²) in [6, 6.07) is 14.5. The van der Waals surface area contributed by atoms with Crippen molar-refractivity contribution < 1.29 is 4.39 Å². The molecule has 0 unspecified atom stereocenters. The van der Waals surface area contributed by atoms with Crippen LogP contribution in [0.4, 0.5) is 4.39 Å². The molecule has 1 heteroatoms. The molecule has 25 heavy (non-hydrogen) atoms. The third kappa shape index (κ3) is 3.56. The second kappa shape index (κ2) is 7.15. The molecule has 0 heterocycles. The number of allylic oxidation sites excluding steroid dienone is 2. The summed E-state index contributed by atoms with van der Waals surface area (Å²) in [7, 11) is 0. The standard InChI is InChI=1S/C24H27F/c1-2-17-3-5-18(6-4-17)19-7-9-20(10-8-19)21-11-12-23-16-24(25)14-13-22(23)15-21/h7-11,13-14,16-18H,2-6,12,15H2,1H3. The molecule has 0 saturated heterocycles. The van der Waals surface area contributed by atoms with Gasteiger partial charge in [-0.3, -0.25) is 0 Å². The Morgan fingerprint density at radius 3 is 2.40 bits per heavy atom. The van der Waals surface area contributed by atoms with Crippen molar-refractivity contribution in [3.63, 3.8) is 0 Å². The van der Waals surface area contributed by atoms with Crippen LogP contribution in [0.25, 0.3) is 5.57 Å². The van der Waals surface area contributed by atoms with Gasteiger partial charge in [0.1, 0.15) is 5.82 Å². The number of hydrogen-bond donors (Lipinski definition) is 0. The van der Waals surface area contributed by atoms with Crippen LogP contribution in [-0.4, -0.2) is 0 Å². The Hall–Kier alpha value is -1.89. The van der Waals surface area contributed by atoms with Gasteiger partial charge in [-0.15, -0.1) is 0 Å². The van der Waals surface area contributed by atoms with Crippen LogP contribution in [0, 0.1) is 11.7 Å². The molecule has 2 aliphatic rings. The number of fused-ring (bicyclic) bond motifs is 1. The van der Waals surface area contributed by atoms with Crippen molar-refractivity contribution in [3.05, 3.63) is 76.6 Å². The molecule has 1 fully saturated rings. The summed E-state index contributed by atoms with van der Waals surface area (Å²) in [6.45, 7) is 2.32. The Labute approximate surface area is 150 Å². The first-order valence-corrected chi connectivity index (χ1v) is 9.79. The van der Waals surface area contributed by atoms with E-state index in [1.54, 1.807) is 12.1 Å². The minimum absolute atomic E-state index is 0.127. The lowest BCUT2D eigenvalue weighted by Gasteiger charge is -2.28. The molecule has 0 atom stereocenters. The maximum atomic E-state index is 13.4. The molecule has 130 valence electrons. The molecule has 2 aliphatic carbocycles. The van der Waals surface area contributed by atoms with Gasteiger partial charge in [0.25, 0.3) is 0 Å². The van der Waals surface area contributed by atoms with Crippen LogP contribution < -0.4 is 0 Å². The number of halogens is 1. The molecule has 0 N–H and O–H groups in total. The molecule has 0 aromatic heterocycles. The van der Waals surface area contributed by atoms with Gasteiger partial charge in [0.15, 0.2) is 0 Å². The summed E-state index contributed by atoms with van der Waals surface area (Å²) in [5, 5.41) is 0. The van der Waals surface area contributed by atoms with Crippen molar-refractivity contribution in [2.75, 3.05) is 0 Å². The van der Waals surface area contributed by atoms with Gasteiger partial charge in [-0.25, -0.2) is 4.39 Å². The van der Waals surface area contributed by atoms with Crippen LogP contribution >= 0.6 is 0 Å². The van der Waals surface area contributed by atoms with Gasteiger partial charge in [0, 0.05) is 0 Å². The van der Waals surface area contributed by atoms with Gasteiger partial charge < -0.3 is 0 Å². The first kappa shape index (κ1) is 16.6. The molecule has 0 amide bonds. The lowest BCUT2D eigenvalue weighted by atomic mass is 9.77. The van der Waals surface area contributed by atoms with Crippen LogP contribution in [0.2, 0.25) is 0 Å². The van der Waals surface area contributed by atoms with Crippen molar-refractivity contribution in [1.29, 1.82) is 0 Å². The first-order chi connectivity index (χ1) is 12.2. The molecule has 0 nitrogen and oxygen atoms in total. The van der Waals surface area contributed by atoms with E-state index in [0.29, 0.717) is 0 Å². The van der Waals surface area contributed by atoms with E-state index in [1.807, 2.05) is 6.07 Å². The normalized spacial score (nSPS) is 23.0. The highest BCUT2D eigenvalue weighted by Gasteiger charge is 2.21. The van der Waals surface area contributed by atoms with Crippen LogP contribution in [0.5, 0.6) is 0 Å². The summed E-state index contributed by atoms with van der Waals surface area (Å²) in [5.41, 5.74) is 6.60. The van der Waals surface area contributed by atoms with E-state index in [-0.39, 0.29) is 5.82 Å². The van der Waals surface area contributed by atoms with Crippen LogP contribution in [-0.2, 0) is 12.8 Å². The topological polar surface area (TPSA) is 0 Å². The average molecular weight is 334 g/mol. The molecule has 0 radical (unpaired) electrons. The first-order valence-electron chi connectivity index (χ1n) is 9.79. The molecule has 0 bridgehead atoms. The fraction of sp³-hybridized carbons (Fsp3) is 0.417. The highest BCUT2D eigenvalue weighted by atomic mass is 19.1. The fourth-order valence-electron chi connectivity index (χ4n) is 4.56. The van der Waals surface area contributed by atoms with E-state index in [2.05, 4.69) is 37.3 Å². The quantitative estimate of drug-likeness (QED) is 0.586. The monoisotopic (exact) mass is 334 g/mol. The van der Waals surface area contributed by atoms with Gasteiger partial charge in [0.2, 0.25) is 0 Å². The van der Waals surface area contributed by atoms with E-state index in [1.165, 1.54) is 54.4 Å². The Morgan fingerprint density at radius 1 is 0.920 bits per heavy atom. The SMILES string of the molecule is CCC1CCC(c2ccc(C3=CCc4cc(F)ccc4C3)cc2)CC1. The second-order valence-electron chi connectivity index (χ2n) is 7.77. The highest BCUT2D eigenvalue weighted by molar-refractivity contribution is 5.70. The fourth-order valence-corrected chi connectivity index (χ4v) is 4.56. The highest BCUT2D eigenvalue weighted by Crippen LogP contribution is 2.37. The van der Waals surface area contributed by atoms with E-state index >= 15 is 0 Å². The molecule has 1 saturated carbocycles. The van der Waals surface area contributed by atoms with E-state index in [9.17, 15) is 4.39 Å². The molecule has 0 spiro atoms. The smallest absolute Gasteiger partial charge is 0.123 e. The second-order valence-corrected chi connectivity index (χ2v) is 7.77. The zero-order valence-corrected chi connectivity index (χ0v) is 15.1. The van der Waals surface area contributed by atoms with E-state index in [4.69, 9.17) is 0 Å². The predicted molar refractivity (Wildman–Crippen MR) is 103 cm³/mol. The van der Waals surface area contributed by atoms with Crippen molar-refractivity contribution in [3.8, 4) is 0 Å². The number of benzene rings is 2. The van der Waals surface area contributed by atoms with Crippen LogP contribution in [0.15, 0.2) is 48.5 Å². The maximum absolute atomic E-state index is 13.4. The van der Waals surface area contributed by atoms with E-state index in [0.717, 1.165) is 30.2 Å². The molecule has 4 rings (SSSR count). The Kier molecular flexibility index (Phi) is 4.74. The third-order valence-electron chi connectivity index (χ3n) is 6.29. The lowest BCUT2D eigenvalue weighted by molar-refractivity contribution is 0.319. The summed E-state index contributed by atoms with van der Waals surface area (Å²) in [6.07, 6.45) is 10.8. The predicted octanol–water partition coefficient (Wildman–Crippen LogP) is 6.69. The van der Waals surface area contributed by atoms with Gasteiger partial charge in [0.05, 0.1) is 0 Å². The number of rotatable bonds is 3. The summed E-state index contributed by atoms with van der Waals surface area (Å²) >= 11 is 0. The summed E-state index contributed by atoms with van der Waals surface area (Å²) in [5.74, 6) is 1.58. The van der Waals surface area contributed by atoms with Crippen molar-refractivity contribution >= 4 is 5.57 Å². The summed E-state index contributed by atoms with van der Waals surface area (Å²) < 4.78 is 13.4. The zero-order valence-electron chi connectivity index (χ0n) is 15.1. The van der Waals surface area contributed by atoms with Gasteiger partial charge in [-0.1, -0.05) is 49.8 Å².